The van der Waals surface area contributed by atoms with Crippen molar-refractivity contribution in [3.05, 3.63) is 28.3 Å². The van der Waals surface area contributed by atoms with Crippen LogP contribution in [-0.4, -0.2) is 30.2 Å². The van der Waals surface area contributed by atoms with Crippen LogP contribution in [0.3, 0.4) is 0 Å². The highest BCUT2D eigenvalue weighted by atomic mass is 16.6. The maximum absolute atomic E-state index is 11.8. The summed E-state index contributed by atoms with van der Waals surface area (Å²) in [6.07, 6.45) is 4.03. The zero-order valence-corrected chi connectivity index (χ0v) is 13.2. The van der Waals surface area contributed by atoms with Crippen LogP contribution < -0.4 is 10.2 Å². The monoisotopic (exact) mass is 319 g/mol. The van der Waals surface area contributed by atoms with E-state index >= 15 is 0 Å². The number of ether oxygens (including phenoxy) is 1. The second kappa shape index (κ2) is 6.44. The van der Waals surface area contributed by atoms with Gasteiger partial charge in [-0.2, -0.15) is 0 Å². The molecule has 0 aromatic heterocycles. The standard InChI is InChI=1S/C16H21N3O4/c1-11-2-4-12(5-3-11)17-14-7-6-13(19(21)22)10-15(14)18-8-9-23-16(18)20/h6-7,10-12,17H,2-5,8-9H2,1H3. The second-order valence-electron chi connectivity index (χ2n) is 6.33. The number of carbonyl (C=O) groups is 1. The number of carbonyl (C=O) groups excluding carboxylic acids is 1. The third kappa shape index (κ3) is 3.38. The Morgan fingerprint density at radius 3 is 2.65 bits per heavy atom. The third-order valence-corrected chi connectivity index (χ3v) is 4.62. The van der Waals surface area contributed by atoms with E-state index < -0.39 is 11.0 Å². The quantitative estimate of drug-likeness (QED) is 0.677. The van der Waals surface area contributed by atoms with E-state index in [1.165, 1.54) is 29.9 Å². The molecule has 1 aliphatic heterocycles. The van der Waals surface area contributed by atoms with E-state index in [-0.39, 0.29) is 5.69 Å². The van der Waals surface area contributed by atoms with Gasteiger partial charge in [0.05, 0.1) is 22.8 Å². The Morgan fingerprint density at radius 2 is 2.04 bits per heavy atom. The number of hydrogen-bond donors (Lipinski definition) is 1. The predicted molar refractivity (Wildman–Crippen MR) is 86.8 cm³/mol. The summed E-state index contributed by atoms with van der Waals surface area (Å²) in [5.74, 6) is 0.748. The van der Waals surface area contributed by atoms with Gasteiger partial charge < -0.3 is 10.1 Å². The molecular formula is C16H21N3O4. The molecule has 2 fully saturated rings. The number of benzene rings is 1. The molecule has 1 aromatic rings. The van der Waals surface area contributed by atoms with Crippen LogP contribution in [-0.2, 0) is 4.74 Å². The van der Waals surface area contributed by atoms with Crippen LogP contribution in [0.15, 0.2) is 18.2 Å². The molecule has 0 radical (unpaired) electrons. The number of nitrogens with zero attached hydrogens (tertiary/aromatic N) is 2. The Hall–Kier alpha value is -2.31. The fraction of sp³-hybridized carbons (Fsp3) is 0.562. The molecule has 7 nitrogen and oxygen atoms in total. The maximum atomic E-state index is 11.8. The lowest BCUT2D eigenvalue weighted by molar-refractivity contribution is -0.384. The van der Waals surface area contributed by atoms with E-state index in [4.69, 9.17) is 4.74 Å². The van der Waals surface area contributed by atoms with Gasteiger partial charge in [-0.1, -0.05) is 6.92 Å². The molecule has 1 saturated carbocycles. The number of hydrogen-bond acceptors (Lipinski definition) is 5. The van der Waals surface area contributed by atoms with Crippen molar-refractivity contribution in [1.29, 1.82) is 0 Å². The van der Waals surface area contributed by atoms with Crippen molar-refractivity contribution in [2.75, 3.05) is 23.4 Å². The molecule has 1 N–H and O–H groups in total. The van der Waals surface area contributed by atoms with Crippen LogP contribution in [0.1, 0.15) is 32.6 Å². The number of anilines is 2. The lowest BCUT2D eigenvalue weighted by atomic mass is 9.87. The van der Waals surface area contributed by atoms with E-state index in [0.29, 0.717) is 24.9 Å². The summed E-state index contributed by atoms with van der Waals surface area (Å²) in [6.45, 7) is 2.98. The van der Waals surface area contributed by atoms with Crippen molar-refractivity contribution in [1.82, 2.24) is 0 Å². The summed E-state index contributed by atoms with van der Waals surface area (Å²) < 4.78 is 4.97. The first kappa shape index (κ1) is 15.6. The number of amides is 1. The molecule has 0 atom stereocenters. The molecule has 23 heavy (non-hydrogen) atoms. The molecule has 1 amide bonds. The number of nitro benzene ring substituents is 1. The summed E-state index contributed by atoms with van der Waals surface area (Å²) in [5, 5.41) is 14.5. The fourth-order valence-corrected chi connectivity index (χ4v) is 3.22. The molecule has 3 rings (SSSR count). The number of non-ortho nitro benzene ring substituents is 1. The predicted octanol–water partition coefficient (Wildman–Crippen LogP) is 3.54. The van der Waals surface area contributed by atoms with Gasteiger partial charge in [-0.05, 0) is 37.7 Å². The summed E-state index contributed by atoms with van der Waals surface area (Å²) in [4.78, 5) is 23.9. The molecule has 1 heterocycles. The van der Waals surface area contributed by atoms with Crippen LogP contribution in [0, 0.1) is 16.0 Å². The minimum atomic E-state index is -0.453. The molecule has 2 aliphatic rings. The van der Waals surface area contributed by atoms with Gasteiger partial charge in [-0.3, -0.25) is 15.0 Å². The van der Waals surface area contributed by atoms with Gasteiger partial charge in [0.15, 0.2) is 0 Å². The minimum Gasteiger partial charge on any atom is -0.447 e. The molecule has 7 heteroatoms. The molecule has 1 aromatic carbocycles. The summed E-state index contributed by atoms with van der Waals surface area (Å²) in [6, 6.07) is 4.95. The van der Waals surface area contributed by atoms with Crippen molar-refractivity contribution < 1.29 is 14.5 Å². The van der Waals surface area contributed by atoms with E-state index in [0.717, 1.165) is 24.4 Å². The van der Waals surface area contributed by atoms with Crippen LogP contribution in [0.25, 0.3) is 0 Å². The Bertz CT molecular complexity index is 611. The largest absolute Gasteiger partial charge is 0.447 e. The van der Waals surface area contributed by atoms with Gasteiger partial charge in [-0.25, -0.2) is 4.79 Å². The van der Waals surface area contributed by atoms with Gasteiger partial charge >= 0.3 is 6.09 Å². The van der Waals surface area contributed by atoms with Crippen molar-refractivity contribution in [3.8, 4) is 0 Å². The fourth-order valence-electron chi connectivity index (χ4n) is 3.22. The van der Waals surface area contributed by atoms with Crippen LogP contribution in [0.5, 0.6) is 0 Å². The smallest absolute Gasteiger partial charge is 0.414 e. The maximum Gasteiger partial charge on any atom is 0.414 e. The zero-order chi connectivity index (χ0) is 16.4. The van der Waals surface area contributed by atoms with E-state index in [2.05, 4.69) is 12.2 Å². The first-order valence-electron chi connectivity index (χ1n) is 8.04. The van der Waals surface area contributed by atoms with Gasteiger partial charge in [0.1, 0.15) is 6.61 Å². The first-order valence-corrected chi connectivity index (χ1v) is 8.04. The van der Waals surface area contributed by atoms with Gasteiger partial charge in [0.2, 0.25) is 0 Å². The SMILES string of the molecule is CC1CCC(Nc2ccc([N+](=O)[O-])cc2N2CCOC2=O)CC1. The molecule has 1 saturated heterocycles. The average Bonchev–Trinajstić information content (AvgIpc) is 2.96. The molecular weight excluding hydrogens is 298 g/mol. The molecule has 1 aliphatic carbocycles. The van der Waals surface area contributed by atoms with Crippen molar-refractivity contribution in [2.24, 2.45) is 5.92 Å². The van der Waals surface area contributed by atoms with Crippen molar-refractivity contribution >= 4 is 23.2 Å². The van der Waals surface area contributed by atoms with Crippen LogP contribution in [0.2, 0.25) is 0 Å². The topological polar surface area (TPSA) is 84.7 Å². The van der Waals surface area contributed by atoms with Crippen LogP contribution in [0.4, 0.5) is 21.9 Å². The number of rotatable bonds is 4. The zero-order valence-electron chi connectivity index (χ0n) is 13.2. The Morgan fingerprint density at radius 1 is 1.30 bits per heavy atom. The number of nitrogens with one attached hydrogen (secondary N) is 1. The van der Waals surface area contributed by atoms with Crippen LogP contribution >= 0.6 is 0 Å². The van der Waals surface area contributed by atoms with E-state index in [1.807, 2.05) is 0 Å². The normalized spacial score (nSPS) is 24.4. The summed E-state index contributed by atoms with van der Waals surface area (Å²) >= 11 is 0. The highest BCUT2D eigenvalue weighted by Crippen LogP contribution is 2.34. The second-order valence-corrected chi connectivity index (χ2v) is 6.33. The van der Waals surface area contributed by atoms with Gasteiger partial charge in [0, 0.05) is 18.2 Å². The highest BCUT2D eigenvalue weighted by Gasteiger charge is 2.28. The molecule has 0 spiro atoms. The number of cyclic esters (lactones) is 1. The highest BCUT2D eigenvalue weighted by molar-refractivity contribution is 5.94. The molecule has 0 bridgehead atoms. The first-order chi connectivity index (χ1) is 11.0. The Balaban J connectivity index is 1.86. The third-order valence-electron chi connectivity index (χ3n) is 4.62. The summed E-state index contributed by atoms with van der Waals surface area (Å²) in [5.41, 5.74) is 1.26. The number of nitro groups is 1. The minimum absolute atomic E-state index is 0.0254. The lowest BCUT2D eigenvalue weighted by Crippen LogP contribution is -2.28. The van der Waals surface area contributed by atoms with Crippen molar-refractivity contribution in [3.63, 3.8) is 0 Å². The molecule has 124 valence electrons. The van der Waals surface area contributed by atoms with E-state index in [9.17, 15) is 14.9 Å². The van der Waals surface area contributed by atoms with Gasteiger partial charge in [0.25, 0.3) is 5.69 Å². The molecule has 0 unspecified atom stereocenters. The summed E-state index contributed by atoms with van der Waals surface area (Å²) in [7, 11) is 0. The van der Waals surface area contributed by atoms with Crippen molar-refractivity contribution in [2.45, 2.75) is 38.6 Å². The Labute approximate surface area is 134 Å². The lowest BCUT2D eigenvalue weighted by Gasteiger charge is -2.29. The Kier molecular flexibility index (Phi) is 4.36. The van der Waals surface area contributed by atoms with E-state index in [1.54, 1.807) is 6.07 Å². The van der Waals surface area contributed by atoms with Gasteiger partial charge in [-0.15, -0.1) is 0 Å². The average molecular weight is 319 g/mol.